The van der Waals surface area contributed by atoms with Gasteiger partial charge >= 0.3 is 5.97 Å². The number of nitrogens with one attached hydrogen (secondary N) is 1. The number of hydrogen-bond acceptors (Lipinski definition) is 4. The molecule has 0 aromatic carbocycles. The number of thiophene rings is 1. The van der Waals surface area contributed by atoms with Crippen molar-refractivity contribution in [2.45, 2.75) is 0 Å². The van der Waals surface area contributed by atoms with Crippen LogP contribution in [0.3, 0.4) is 0 Å². The van der Waals surface area contributed by atoms with E-state index in [4.69, 9.17) is 5.11 Å². The molecule has 0 aliphatic heterocycles. The molecule has 0 aliphatic carbocycles. The molecule has 2 heterocycles. The fraction of sp³-hybridized carbons (Fsp3) is 0. The van der Waals surface area contributed by atoms with Crippen molar-refractivity contribution in [3.63, 3.8) is 0 Å². The van der Waals surface area contributed by atoms with Crippen LogP contribution in [-0.4, -0.2) is 22.0 Å². The van der Waals surface area contributed by atoms with Crippen LogP contribution in [0.15, 0.2) is 41.8 Å². The maximum Gasteiger partial charge on any atom is 0.328 e. The van der Waals surface area contributed by atoms with E-state index in [1.54, 1.807) is 30.3 Å². The third-order valence-electron chi connectivity index (χ3n) is 2.15. The number of anilines is 1. The summed E-state index contributed by atoms with van der Waals surface area (Å²) in [6.07, 6.45) is 2.36. The van der Waals surface area contributed by atoms with E-state index in [1.165, 1.54) is 17.4 Å². The molecule has 5 nitrogen and oxygen atoms in total. The summed E-state index contributed by atoms with van der Waals surface area (Å²) >= 11 is 1.34. The number of hydrogen-bond donors (Lipinski definition) is 2. The first-order valence-corrected chi connectivity index (χ1v) is 6.26. The van der Waals surface area contributed by atoms with E-state index in [2.05, 4.69) is 10.3 Å². The lowest BCUT2D eigenvalue weighted by atomic mass is 10.3. The summed E-state index contributed by atoms with van der Waals surface area (Å²) in [6, 6.07) is 8.50. The number of rotatable bonds is 4. The Labute approximate surface area is 113 Å². The zero-order chi connectivity index (χ0) is 13.7. The Morgan fingerprint density at radius 1 is 1.26 bits per heavy atom. The Kier molecular flexibility index (Phi) is 4.04. The topological polar surface area (TPSA) is 79.3 Å². The van der Waals surface area contributed by atoms with Crippen molar-refractivity contribution >= 4 is 35.1 Å². The second-order valence-corrected chi connectivity index (χ2v) is 4.50. The minimum absolute atomic E-state index is 0.234. The van der Waals surface area contributed by atoms with E-state index in [1.807, 2.05) is 5.38 Å². The summed E-state index contributed by atoms with van der Waals surface area (Å²) in [5.41, 5.74) is 0.464. The van der Waals surface area contributed by atoms with Crippen molar-refractivity contribution in [3.05, 3.63) is 52.4 Å². The van der Waals surface area contributed by atoms with Crippen molar-refractivity contribution in [2.75, 3.05) is 5.32 Å². The smallest absolute Gasteiger partial charge is 0.328 e. The molecule has 2 aromatic rings. The highest BCUT2D eigenvalue weighted by Crippen LogP contribution is 2.12. The van der Waals surface area contributed by atoms with Gasteiger partial charge in [0.1, 0.15) is 5.82 Å². The van der Waals surface area contributed by atoms with Crippen LogP contribution in [0, 0.1) is 0 Å². The molecule has 0 spiro atoms. The van der Waals surface area contributed by atoms with Gasteiger partial charge in [0.2, 0.25) is 0 Å². The van der Waals surface area contributed by atoms with Gasteiger partial charge in [-0.3, -0.25) is 4.79 Å². The van der Waals surface area contributed by atoms with E-state index in [-0.39, 0.29) is 5.91 Å². The summed E-state index contributed by atoms with van der Waals surface area (Å²) in [5.74, 6) is -0.900. The number of pyridine rings is 1. The molecule has 19 heavy (non-hydrogen) atoms. The molecule has 0 unspecified atom stereocenters. The Balaban J connectivity index is 2.11. The lowest BCUT2D eigenvalue weighted by Crippen LogP contribution is -2.11. The average molecular weight is 274 g/mol. The number of nitrogens with zero attached hydrogens (tertiary/aromatic N) is 1. The predicted octanol–water partition coefficient (Wildman–Crippen LogP) is 2.49. The normalized spacial score (nSPS) is 10.5. The number of carboxylic acids is 1. The van der Waals surface area contributed by atoms with Gasteiger partial charge in [0.25, 0.3) is 5.91 Å². The van der Waals surface area contributed by atoms with Crippen LogP contribution in [0.1, 0.15) is 15.4 Å². The van der Waals surface area contributed by atoms with E-state index >= 15 is 0 Å². The van der Waals surface area contributed by atoms with E-state index in [9.17, 15) is 9.59 Å². The Bertz CT molecular complexity index is 621. The number of carbonyl (C=O) groups is 2. The van der Waals surface area contributed by atoms with Gasteiger partial charge in [0.15, 0.2) is 0 Å². The molecule has 0 bridgehead atoms. The highest BCUT2D eigenvalue weighted by atomic mass is 32.1. The van der Waals surface area contributed by atoms with Gasteiger partial charge in [-0.2, -0.15) is 0 Å². The molecule has 0 atom stereocenters. The number of carboxylic acid groups (broad SMARTS) is 1. The lowest BCUT2D eigenvalue weighted by Gasteiger charge is -2.03. The molecule has 2 N–H and O–H groups in total. The van der Waals surface area contributed by atoms with Gasteiger partial charge in [-0.15, -0.1) is 11.3 Å². The summed E-state index contributed by atoms with van der Waals surface area (Å²) < 4.78 is 0. The minimum atomic E-state index is -1.05. The molecule has 0 saturated carbocycles. The SMILES string of the molecule is O=C(O)C=Cc1cccc(NC(=O)c2cccs2)n1. The van der Waals surface area contributed by atoms with Crippen molar-refractivity contribution in [1.82, 2.24) is 4.98 Å². The third kappa shape index (κ3) is 3.75. The van der Waals surface area contributed by atoms with Crippen molar-refractivity contribution in [1.29, 1.82) is 0 Å². The fourth-order valence-corrected chi connectivity index (χ4v) is 1.98. The first-order chi connectivity index (χ1) is 9.15. The first kappa shape index (κ1) is 13.0. The molecular weight excluding hydrogens is 264 g/mol. The highest BCUT2D eigenvalue weighted by molar-refractivity contribution is 7.12. The molecule has 0 saturated heterocycles. The van der Waals surface area contributed by atoms with Gasteiger partial charge in [-0.1, -0.05) is 12.1 Å². The average Bonchev–Trinajstić information content (AvgIpc) is 2.91. The van der Waals surface area contributed by atoms with Crippen LogP contribution in [-0.2, 0) is 4.79 Å². The van der Waals surface area contributed by atoms with Crippen LogP contribution in [0.5, 0.6) is 0 Å². The maximum absolute atomic E-state index is 11.8. The largest absolute Gasteiger partial charge is 0.478 e. The molecule has 0 fully saturated rings. The predicted molar refractivity (Wildman–Crippen MR) is 73.2 cm³/mol. The summed E-state index contributed by atoms with van der Waals surface area (Å²) in [5, 5.41) is 13.0. The van der Waals surface area contributed by atoms with Crippen molar-refractivity contribution in [3.8, 4) is 0 Å². The Hall–Kier alpha value is -2.47. The van der Waals surface area contributed by atoms with E-state index in [0.717, 1.165) is 6.08 Å². The van der Waals surface area contributed by atoms with Gasteiger partial charge in [-0.05, 0) is 29.7 Å². The second-order valence-electron chi connectivity index (χ2n) is 3.55. The molecule has 2 aromatic heterocycles. The van der Waals surface area contributed by atoms with Gasteiger partial charge in [0.05, 0.1) is 10.6 Å². The number of aliphatic carboxylic acids is 1. The number of aromatic nitrogens is 1. The third-order valence-corrected chi connectivity index (χ3v) is 3.02. The van der Waals surface area contributed by atoms with Gasteiger partial charge < -0.3 is 10.4 Å². The van der Waals surface area contributed by atoms with Gasteiger partial charge in [-0.25, -0.2) is 9.78 Å². The standard InChI is InChI=1S/C13H10N2O3S/c16-12(17)7-6-9-3-1-5-11(14-9)15-13(18)10-4-2-8-19-10/h1-8H,(H,16,17)(H,14,15,18). The zero-order valence-electron chi connectivity index (χ0n) is 9.74. The van der Waals surface area contributed by atoms with Crippen LogP contribution < -0.4 is 5.32 Å². The zero-order valence-corrected chi connectivity index (χ0v) is 10.6. The lowest BCUT2D eigenvalue weighted by molar-refractivity contribution is -0.131. The molecule has 0 aliphatic rings. The van der Waals surface area contributed by atoms with E-state index < -0.39 is 5.97 Å². The minimum Gasteiger partial charge on any atom is -0.478 e. The summed E-state index contributed by atoms with van der Waals surface area (Å²) in [4.78, 5) is 26.9. The second kappa shape index (κ2) is 5.92. The summed E-state index contributed by atoms with van der Waals surface area (Å²) in [7, 11) is 0. The quantitative estimate of drug-likeness (QED) is 0.839. The van der Waals surface area contributed by atoms with Crippen molar-refractivity contribution in [2.24, 2.45) is 0 Å². The first-order valence-electron chi connectivity index (χ1n) is 5.38. The van der Waals surface area contributed by atoms with Crippen LogP contribution in [0.4, 0.5) is 5.82 Å². The van der Waals surface area contributed by atoms with E-state index in [0.29, 0.717) is 16.4 Å². The molecule has 1 amide bonds. The van der Waals surface area contributed by atoms with Crippen LogP contribution in [0.2, 0.25) is 0 Å². The number of amides is 1. The van der Waals surface area contributed by atoms with Gasteiger partial charge in [0, 0.05) is 6.08 Å². The van der Waals surface area contributed by atoms with Crippen LogP contribution in [0.25, 0.3) is 6.08 Å². The Morgan fingerprint density at radius 3 is 2.79 bits per heavy atom. The molecule has 2 rings (SSSR count). The van der Waals surface area contributed by atoms with Crippen molar-refractivity contribution < 1.29 is 14.7 Å². The number of carbonyl (C=O) groups excluding carboxylic acids is 1. The monoisotopic (exact) mass is 274 g/mol. The fourth-order valence-electron chi connectivity index (χ4n) is 1.36. The molecule has 0 radical (unpaired) electrons. The molecule has 6 heteroatoms. The maximum atomic E-state index is 11.8. The molecular formula is C13H10N2O3S. The highest BCUT2D eigenvalue weighted by Gasteiger charge is 2.07. The molecule has 96 valence electrons. The van der Waals surface area contributed by atoms with Crippen LogP contribution >= 0.6 is 11.3 Å². The summed E-state index contributed by atoms with van der Waals surface area (Å²) in [6.45, 7) is 0. The Morgan fingerprint density at radius 2 is 2.11 bits per heavy atom.